The number of hydrogen-bond donors (Lipinski definition) is 3. The van der Waals surface area contributed by atoms with E-state index < -0.39 is 12.1 Å². The highest BCUT2D eigenvalue weighted by atomic mass is 16.3. The Morgan fingerprint density at radius 3 is 2.00 bits per heavy atom. The lowest BCUT2D eigenvalue weighted by atomic mass is 10.0. The van der Waals surface area contributed by atoms with E-state index in [0.717, 1.165) is 11.1 Å². The first kappa shape index (κ1) is 14.2. The zero-order valence-corrected chi connectivity index (χ0v) is 11.1. The summed E-state index contributed by atoms with van der Waals surface area (Å²) in [4.78, 5) is 12.1. The van der Waals surface area contributed by atoms with Gasteiger partial charge in [0.05, 0.1) is 12.6 Å². The van der Waals surface area contributed by atoms with Gasteiger partial charge in [-0.3, -0.25) is 4.79 Å². The molecule has 2 aromatic carbocycles. The summed E-state index contributed by atoms with van der Waals surface area (Å²) in [6.07, 6.45) is 0. The van der Waals surface area contributed by atoms with Crippen molar-refractivity contribution in [2.75, 3.05) is 6.61 Å². The molecule has 0 bridgehead atoms. The van der Waals surface area contributed by atoms with Gasteiger partial charge in [0.1, 0.15) is 6.04 Å². The molecule has 0 unspecified atom stereocenters. The monoisotopic (exact) mass is 270 g/mol. The summed E-state index contributed by atoms with van der Waals surface area (Å²) in [5, 5.41) is 12.2. The SMILES string of the molecule is N[C@@H](C(=O)N[C@@H](CO)c1ccccc1)c1ccccc1. The van der Waals surface area contributed by atoms with Gasteiger partial charge in [0.2, 0.25) is 5.91 Å². The lowest BCUT2D eigenvalue weighted by Crippen LogP contribution is -2.37. The molecule has 2 rings (SSSR count). The van der Waals surface area contributed by atoms with Crippen LogP contribution < -0.4 is 11.1 Å². The van der Waals surface area contributed by atoms with Crippen LogP contribution in [0.5, 0.6) is 0 Å². The number of carbonyl (C=O) groups is 1. The van der Waals surface area contributed by atoms with Gasteiger partial charge in [-0.2, -0.15) is 0 Å². The molecule has 0 radical (unpaired) electrons. The average molecular weight is 270 g/mol. The van der Waals surface area contributed by atoms with Crippen LogP contribution in [0.25, 0.3) is 0 Å². The number of carbonyl (C=O) groups excluding carboxylic acids is 1. The Hall–Kier alpha value is -2.17. The predicted molar refractivity (Wildman–Crippen MR) is 77.8 cm³/mol. The van der Waals surface area contributed by atoms with Crippen molar-refractivity contribution in [3.05, 3.63) is 71.8 Å². The quantitative estimate of drug-likeness (QED) is 0.771. The second kappa shape index (κ2) is 6.84. The van der Waals surface area contributed by atoms with Crippen molar-refractivity contribution in [1.82, 2.24) is 5.32 Å². The highest BCUT2D eigenvalue weighted by Crippen LogP contribution is 2.15. The fourth-order valence-corrected chi connectivity index (χ4v) is 1.99. The molecule has 0 spiro atoms. The number of hydrogen-bond acceptors (Lipinski definition) is 3. The Bertz CT molecular complexity index is 543. The number of amides is 1. The second-order valence-electron chi connectivity index (χ2n) is 4.54. The van der Waals surface area contributed by atoms with Crippen molar-refractivity contribution in [3.63, 3.8) is 0 Å². The maximum absolute atomic E-state index is 12.1. The lowest BCUT2D eigenvalue weighted by molar-refractivity contribution is -0.123. The van der Waals surface area contributed by atoms with E-state index in [0.29, 0.717) is 0 Å². The third kappa shape index (κ3) is 3.44. The molecule has 0 fully saturated rings. The Morgan fingerprint density at radius 2 is 1.50 bits per heavy atom. The standard InChI is InChI=1S/C16H18N2O2/c17-15(13-9-5-2-6-10-13)16(20)18-14(11-19)12-7-3-1-4-8-12/h1-10,14-15,19H,11,17H2,(H,18,20)/t14-,15+/m0/s1. The molecule has 2 atom stereocenters. The largest absolute Gasteiger partial charge is 0.394 e. The first-order chi connectivity index (χ1) is 9.72. The molecule has 0 aliphatic carbocycles. The number of aliphatic hydroxyl groups excluding tert-OH is 1. The lowest BCUT2D eigenvalue weighted by Gasteiger charge is -2.19. The van der Waals surface area contributed by atoms with E-state index in [1.165, 1.54) is 0 Å². The number of rotatable bonds is 5. The molecule has 20 heavy (non-hydrogen) atoms. The first-order valence-electron chi connectivity index (χ1n) is 6.49. The van der Waals surface area contributed by atoms with Crippen molar-refractivity contribution in [2.45, 2.75) is 12.1 Å². The molecule has 0 aliphatic heterocycles. The Kier molecular flexibility index (Phi) is 4.87. The van der Waals surface area contributed by atoms with Crippen LogP contribution in [-0.2, 0) is 4.79 Å². The maximum Gasteiger partial charge on any atom is 0.242 e. The summed E-state index contributed by atoms with van der Waals surface area (Å²) in [6.45, 7) is -0.169. The number of aliphatic hydroxyl groups is 1. The van der Waals surface area contributed by atoms with Gasteiger partial charge in [-0.1, -0.05) is 60.7 Å². The van der Waals surface area contributed by atoms with E-state index in [1.807, 2.05) is 48.5 Å². The molecule has 4 nitrogen and oxygen atoms in total. The van der Waals surface area contributed by atoms with E-state index in [9.17, 15) is 9.90 Å². The minimum Gasteiger partial charge on any atom is -0.394 e. The van der Waals surface area contributed by atoms with Crippen molar-refractivity contribution in [2.24, 2.45) is 5.73 Å². The molecule has 4 heteroatoms. The third-order valence-corrected chi connectivity index (χ3v) is 3.14. The summed E-state index contributed by atoms with van der Waals surface area (Å²) in [5.74, 6) is -0.306. The third-order valence-electron chi connectivity index (χ3n) is 3.14. The van der Waals surface area contributed by atoms with Crippen LogP contribution >= 0.6 is 0 Å². The van der Waals surface area contributed by atoms with Gasteiger partial charge in [0.15, 0.2) is 0 Å². The topological polar surface area (TPSA) is 75.4 Å². The highest BCUT2D eigenvalue weighted by molar-refractivity contribution is 5.83. The summed E-state index contributed by atoms with van der Waals surface area (Å²) in [6, 6.07) is 17.3. The molecule has 0 aromatic heterocycles. The summed E-state index contributed by atoms with van der Waals surface area (Å²) >= 11 is 0. The molecule has 0 heterocycles. The van der Waals surface area contributed by atoms with Crippen molar-refractivity contribution >= 4 is 5.91 Å². The van der Waals surface area contributed by atoms with E-state index in [1.54, 1.807) is 12.1 Å². The second-order valence-corrected chi connectivity index (χ2v) is 4.54. The molecule has 1 amide bonds. The van der Waals surface area contributed by atoms with Gasteiger partial charge in [-0.05, 0) is 11.1 Å². The zero-order chi connectivity index (χ0) is 14.4. The predicted octanol–water partition coefficient (Wildman–Crippen LogP) is 1.54. The van der Waals surface area contributed by atoms with Crippen LogP contribution in [0, 0.1) is 0 Å². The highest BCUT2D eigenvalue weighted by Gasteiger charge is 2.19. The van der Waals surface area contributed by atoms with Crippen molar-refractivity contribution in [3.8, 4) is 0 Å². The molecule has 0 saturated carbocycles. The molecule has 2 aromatic rings. The molecule has 0 saturated heterocycles. The maximum atomic E-state index is 12.1. The van der Waals surface area contributed by atoms with Gasteiger partial charge in [-0.25, -0.2) is 0 Å². The van der Waals surface area contributed by atoms with Gasteiger partial charge in [0, 0.05) is 0 Å². The van der Waals surface area contributed by atoms with Crippen LogP contribution in [0.4, 0.5) is 0 Å². The van der Waals surface area contributed by atoms with E-state index in [4.69, 9.17) is 5.73 Å². The summed E-state index contributed by atoms with van der Waals surface area (Å²) in [5.41, 5.74) is 7.52. The first-order valence-corrected chi connectivity index (χ1v) is 6.49. The molecule has 4 N–H and O–H groups in total. The van der Waals surface area contributed by atoms with Crippen LogP contribution in [0.15, 0.2) is 60.7 Å². The Labute approximate surface area is 118 Å². The van der Waals surface area contributed by atoms with Crippen molar-refractivity contribution < 1.29 is 9.90 Å². The summed E-state index contributed by atoms with van der Waals surface area (Å²) in [7, 11) is 0. The summed E-state index contributed by atoms with van der Waals surface area (Å²) < 4.78 is 0. The van der Waals surface area contributed by atoms with Crippen molar-refractivity contribution in [1.29, 1.82) is 0 Å². The molecule has 0 aliphatic rings. The smallest absolute Gasteiger partial charge is 0.242 e. The number of nitrogens with one attached hydrogen (secondary N) is 1. The Balaban J connectivity index is 2.06. The fraction of sp³-hybridized carbons (Fsp3) is 0.188. The Morgan fingerprint density at radius 1 is 1.00 bits per heavy atom. The molecular weight excluding hydrogens is 252 g/mol. The minimum absolute atomic E-state index is 0.169. The van der Waals surface area contributed by atoms with Gasteiger partial charge in [0.25, 0.3) is 0 Å². The van der Waals surface area contributed by atoms with Crippen LogP contribution in [0.3, 0.4) is 0 Å². The van der Waals surface area contributed by atoms with Gasteiger partial charge in [-0.15, -0.1) is 0 Å². The van der Waals surface area contributed by atoms with Crippen LogP contribution in [0.1, 0.15) is 23.2 Å². The number of benzene rings is 2. The van der Waals surface area contributed by atoms with E-state index >= 15 is 0 Å². The minimum atomic E-state index is -0.742. The zero-order valence-electron chi connectivity index (χ0n) is 11.1. The van der Waals surface area contributed by atoms with Crippen LogP contribution in [-0.4, -0.2) is 17.6 Å². The molecular formula is C16H18N2O2. The van der Waals surface area contributed by atoms with Gasteiger partial charge < -0.3 is 16.2 Å². The van der Waals surface area contributed by atoms with Crippen LogP contribution in [0.2, 0.25) is 0 Å². The van der Waals surface area contributed by atoms with Gasteiger partial charge >= 0.3 is 0 Å². The van der Waals surface area contributed by atoms with E-state index in [2.05, 4.69) is 5.32 Å². The fourth-order valence-electron chi connectivity index (χ4n) is 1.99. The molecule has 104 valence electrons. The van der Waals surface area contributed by atoms with E-state index in [-0.39, 0.29) is 12.5 Å². The number of nitrogens with two attached hydrogens (primary N) is 1. The average Bonchev–Trinajstić information content (AvgIpc) is 2.53. The normalized spacial score (nSPS) is 13.5.